The molecule has 9 heteroatoms. The number of para-hydroxylation sites is 1. The Balaban J connectivity index is 2.02. The third-order valence-corrected chi connectivity index (χ3v) is 8.36. The van der Waals surface area contributed by atoms with Crippen LogP contribution in [-0.4, -0.2) is 46.1 Å². The number of ether oxygens (including phenoxy) is 1. The summed E-state index contributed by atoms with van der Waals surface area (Å²) >= 11 is 0. The van der Waals surface area contributed by atoms with E-state index in [0.29, 0.717) is 35.0 Å². The summed E-state index contributed by atoms with van der Waals surface area (Å²) in [6.45, 7) is 13.0. The Morgan fingerprint density at radius 1 is 0.935 bits per heavy atom. The Morgan fingerprint density at radius 2 is 1.67 bits per heavy atom. The zero-order valence-corrected chi connectivity index (χ0v) is 28.3. The maximum atomic E-state index is 13.8. The van der Waals surface area contributed by atoms with Crippen molar-refractivity contribution >= 4 is 23.3 Å². The van der Waals surface area contributed by atoms with Gasteiger partial charge in [0.05, 0.1) is 18.0 Å². The van der Waals surface area contributed by atoms with E-state index in [2.05, 4.69) is 31.0 Å². The van der Waals surface area contributed by atoms with Gasteiger partial charge in [-0.1, -0.05) is 83.6 Å². The van der Waals surface area contributed by atoms with Crippen molar-refractivity contribution in [2.45, 2.75) is 92.9 Å². The highest BCUT2D eigenvalue weighted by Gasteiger charge is 2.26. The van der Waals surface area contributed by atoms with Crippen LogP contribution in [0.25, 0.3) is 5.69 Å². The Morgan fingerprint density at radius 3 is 2.35 bits per heavy atom. The lowest BCUT2D eigenvalue weighted by atomic mass is 9.98. The van der Waals surface area contributed by atoms with Crippen LogP contribution in [0.3, 0.4) is 0 Å². The molecule has 1 atom stereocenters. The number of rotatable bonds is 17. The lowest BCUT2D eigenvalue weighted by molar-refractivity contribution is 0.0522. The SMILES string of the molecule is CCCCCCN(CC(CC)CCCC)C(=O)c1cccc(/N=N/c2c(C)c(C(=O)OCC)c(=O)n(-c3ccccc3C)c2O)c1. The summed E-state index contributed by atoms with van der Waals surface area (Å²) in [6, 6.07) is 14.0. The van der Waals surface area contributed by atoms with E-state index in [1.54, 1.807) is 56.3 Å². The van der Waals surface area contributed by atoms with Gasteiger partial charge in [0.1, 0.15) is 5.56 Å². The number of carbonyl (C=O) groups is 2. The first-order chi connectivity index (χ1) is 22.2. The molecule has 0 saturated carbocycles. The van der Waals surface area contributed by atoms with Gasteiger partial charge < -0.3 is 14.7 Å². The number of nitrogens with zero attached hydrogens (tertiary/aromatic N) is 4. The summed E-state index contributed by atoms with van der Waals surface area (Å²) in [4.78, 5) is 42.3. The molecule has 0 radical (unpaired) electrons. The predicted octanol–water partition coefficient (Wildman–Crippen LogP) is 8.99. The van der Waals surface area contributed by atoms with E-state index in [-0.39, 0.29) is 29.3 Å². The van der Waals surface area contributed by atoms with E-state index in [4.69, 9.17) is 4.74 Å². The second kappa shape index (κ2) is 18.0. The minimum atomic E-state index is -0.806. The fraction of sp³-hybridized carbons (Fsp3) is 0.486. The number of amides is 1. The van der Waals surface area contributed by atoms with Gasteiger partial charge in [0.2, 0.25) is 5.88 Å². The summed E-state index contributed by atoms with van der Waals surface area (Å²) in [5, 5.41) is 20.0. The standard InChI is InChI=1S/C37H50N4O5/c1-7-11-13-16-23-40(25-28(9-3)19-12-8-2)34(42)29-20-17-21-30(24-29)38-39-33-27(6)32(37(45)46-10-4)35(43)41(36(33)44)31-22-15-14-18-26(31)5/h14-15,17-18,20-22,24,28,44H,7-13,16,19,23,25H2,1-6H3/b39-38+. The van der Waals surface area contributed by atoms with Crippen molar-refractivity contribution in [1.29, 1.82) is 0 Å². The molecule has 46 heavy (non-hydrogen) atoms. The number of pyridine rings is 1. The van der Waals surface area contributed by atoms with Crippen LogP contribution >= 0.6 is 0 Å². The van der Waals surface area contributed by atoms with Gasteiger partial charge in [-0.3, -0.25) is 9.59 Å². The van der Waals surface area contributed by atoms with Crippen molar-refractivity contribution in [3.8, 4) is 11.6 Å². The van der Waals surface area contributed by atoms with E-state index >= 15 is 0 Å². The number of hydrogen-bond acceptors (Lipinski definition) is 7. The summed E-state index contributed by atoms with van der Waals surface area (Å²) in [5.41, 5.74) is 1.20. The second-order valence-electron chi connectivity index (χ2n) is 11.8. The molecule has 1 heterocycles. The highest BCUT2D eigenvalue weighted by Crippen LogP contribution is 2.35. The van der Waals surface area contributed by atoms with Gasteiger partial charge in [0, 0.05) is 24.2 Å². The number of benzene rings is 2. The summed E-state index contributed by atoms with van der Waals surface area (Å²) in [7, 11) is 0. The van der Waals surface area contributed by atoms with Crippen molar-refractivity contribution in [3.63, 3.8) is 0 Å². The van der Waals surface area contributed by atoms with Crippen LogP contribution in [0.5, 0.6) is 5.88 Å². The van der Waals surface area contributed by atoms with Gasteiger partial charge >= 0.3 is 5.97 Å². The normalized spacial score (nSPS) is 12.0. The lowest BCUT2D eigenvalue weighted by Gasteiger charge is -2.27. The Kier molecular flexibility index (Phi) is 14.2. The van der Waals surface area contributed by atoms with E-state index in [9.17, 15) is 19.5 Å². The zero-order valence-electron chi connectivity index (χ0n) is 28.3. The number of azo groups is 1. The van der Waals surface area contributed by atoms with Crippen LogP contribution in [0.15, 0.2) is 63.6 Å². The molecule has 3 aromatic rings. The molecule has 0 spiro atoms. The topological polar surface area (TPSA) is 114 Å². The Bertz CT molecular complexity index is 1560. The fourth-order valence-corrected chi connectivity index (χ4v) is 5.59. The third kappa shape index (κ3) is 9.14. The minimum Gasteiger partial charge on any atom is -0.493 e. The van der Waals surface area contributed by atoms with Gasteiger partial charge in [0.25, 0.3) is 11.5 Å². The summed E-state index contributed by atoms with van der Waals surface area (Å²) in [6.07, 6.45) is 8.72. The first kappa shape index (κ1) is 36.2. The quantitative estimate of drug-likeness (QED) is 0.0908. The number of unbranched alkanes of at least 4 members (excludes halogenated alkanes) is 4. The number of esters is 1. The molecule has 248 valence electrons. The maximum Gasteiger partial charge on any atom is 0.344 e. The van der Waals surface area contributed by atoms with Crippen LogP contribution in [0, 0.1) is 19.8 Å². The molecule has 0 fully saturated rings. The largest absolute Gasteiger partial charge is 0.493 e. The number of aromatic hydroxyl groups is 1. The van der Waals surface area contributed by atoms with Crippen molar-refractivity contribution < 1.29 is 19.4 Å². The van der Waals surface area contributed by atoms with Crippen molar-refractivity contribution in [2.24, 2.45) is 16.1 Å². The lowest BCUT2D eigenvalue weighted by Crippen LogP contribution is -2.36. The smallest absolute Gasteiger partial charge is 0.344 e. The highest BCUT2D eigenvalue weighted by atomic mass is 16.5. The monoisotopic (exact) mass is 630 g/mol. The average molecular weight is 631 g/mol. The summed E-state index contributed by atoms with van der Waals surface area (Å²) in [5.74, 6) is -0.849. The molecule has 0 bridgehead atoms. The molecule has 1 unspecified atom stereocenters. The van der Waals surface area contributed by atoms with Crippen LogP contribution in [0.4, 0.5) is 11.4 Å². The maximum absolute atomic E-state index is 13.8. The van der Waals surface area contributed by atoms with Gasteiger partial charge in [0.15, 0.2) is 5.69 Å². The van der Waals surface area contributed by atoms with Gasteiger partial charge in [-0.25, -0.2) is 9.36 Å². The van der Waals surface area contributed by atoms with Crippen molar-refractivity contribution in [1.82, 2.24) is 9.47 Å². The van der Waals surface area contributed by atoms with Gasteiger partial charge in [-0.15, -0.1) is 5.11 Å². The molecule has 0 aliphatic carbocycles. The first-order valence-corrected chi connectivity index (χ1v) is 16.7. The predicted molar refractivity (Wildman–Crippen MR) is 183 cm³/mol. The molecule has 1 N–H and O–H groups in total. The van der Waals surface area contributed by atoms with Gasteiger partial charge in [-0.05, 0) is 69.4 Å². The van der Waals surface area contributed by atoms with E-state index < -0.39 is 17.4 Å². The molecular weight excluding hydrogens is 580 g/mol. The van der Waals surface area contributed by atoms with E-state index in [1.807, 2.05) is 11.0 Å². The third-order valence-electron chi connectivity index (χ3n) is 8.36. The number of hydrogen-bond donors (Lipinski definition) is 1. The Labute approximate surface area is 273 Å². The van der Waals surface area contributed by atoms with E-state index in [1.165, 1.54) is 6.92 Å². The van der Waals surface area contributed by atoms with E-state index in [0.717, 1.165) is 62.5 Å². The van der Waals surface area contributed by atoms with Crippen LogP contribution < -0.4 is 5.56 Å². The van der Waals surface area contributed by atoms with Crippen LogP contribution in [0.1, 0.15) is 111 Å². The number of carbonyl (C=O) groups excluding carboxylic acids is 2. The van der Waals surface area contributed by atoms with Crippen LogP contribution in [0.2, 0.25) is 0 Å². The van der Waals surface area contributed by atoms with Crippen molar-refractivity contribution in [3.05, 3.63) is 81.1 Å². The average Bonchev–Trinajstić information content (AvgIpc) is 3.04. The molecule has 0 saturated heterocycles. The first-order valence-electron chi connectivity index (χ1n) is 16.7. The molecule has 3 rings (SSSR count). The molecule has 1 amide bonds. The highest BCUT2D eigenvalue weighted by molar-refractivity contribution is 5.95. The Hall–Kier alpha value is -4.27. The fourth-order valence-electron chi connectivity index (χ4n) is 5.59. The summed E-state index contributed by atoms with van der Waals surface area (Å²) < 4.78 is 6.24. The molecule has 9 nitrogen and oxygen atoms in total. The van der Waals surface area contributed by atoms with Crippen molar-refractivity contribution in [2.75, 3.05) is 19.7 Å². The molecule has 0 aliphatic heterocycles. The minimum absolute atomic E-state index is 0.0399. The zero-order chi connectivity index (χ0) is 33.6. The van der Waals surface area contributed by atoms with Gasteiger partial charge in [-0.2, -0.15) is 5.11 Å². The van der Waals surface area contributed by atoms with Crippen LogP contribution in [-0.2, 0) is 4.74 Å². The molecule has 1 aromatic heterocycles. The second-order valence-corrected chi connectivity index (χ2v) is 11.8. The molecule has 0 aliphatic rings. The molecule has 2 aromatic carbocycles. The number of aromatic nitrogens is 1. The number of aryl methyl sites for hydroxylation is 1. The molecular formula is C37H50N4O5.